The van der Waals surface area contributed by atoms with E-state index < -0.39 is 0 Å². The van der Waals surface area contributed by atoms with E-state index in [0.717, 1.165) is 0 Å². The van der Waals surface area contributed by atoms with Gasteiger partial charge in [-0.25, -0.2) is 0 Å². The van der Waals surface area contributed by atoms with E-state index in [1.54, 1.807) is 6.26 Å². The summed E-state index contributed by atoms with van der Waals surface area (Å²) in [5, 5.41) is 0. The number of rotatable bonds is 0. The highest BCUT2D eigenvalue weighted by Crippen LogP contribution is 2.31. The summed E-state index contributed by atoms with van der Waals surface area (Å²) in [5.41, 5.74) is 0. The third-order valence-electron chi connectivity index (χ3n) is 2.04. The molecule has 0 aliphatic carbocycles. The molecule has 72 valence electrons. The minimum Gasteiger partial charge on any atom is -0.485 e. The lowest BCUT2D eigenvalue weighted by Crippen LogP contribution is -2.15. The molecule has 4 nitrogen and oxygen atoms in total. The van der Waals surface area contributed by atoms with Gasteiger partial charge in [0.05, 0.1) is 0 Å². The van der Waals surface area contributed by atoms with Crippen LogP contribution < -0.4 is 0 Å². The van der Waals surface area contributed by atoms with Crippen LogP contribution in [0.2, 0.25) is 0 Å². The molecular weight excluding hydrogens is 184 g/mol. The third-order valence-corrected chi connectivity index (χ3v) is 2.04. The van der Waals surface area contributed by atoms with Gasteiger partial charge in [-0.1, -0.05) is 0 Å². The Labute approximate surface area is 80.7 Å². The number of fused-ring (bicyclic) bond motifs is 1. The van der Waals surface area contributed by atoms with Crippen molar-refractivity contribution in [2.75, 3.05) is 13.4 Å². The van der Waals surface area contributed by atoms with Crippen molar-refractivity contribution in [3.8, 4) is 0 Å². The summed E-state index contributed by atoms with van der Waals surface area (Å²) in [6.45, 7) is 0.790. The Morgan fingerprint density at radius 2 is 2.07 bits per heavy atom. The predicted octanol–water partition coefficient (Wildman–Crippen LogP) is 1.54. The number of hydrogen-bond donors (Lipinski definition) is 0. The topological polar surface area (TPSA) is 36.9 Å². The SMILES string of the molecule is C1=CC2=C(C=C3OCOC=C3O2)OC1. The van der Waals surface area contributed by atoms with Gasteiger partial charge in [0, 0.05) is 6.08 Å². The van der Waals surface area contributed by atoms with Crippen LogP contribution in [0.25, 0.3) is 0 Å². The Morgan fingerprint density at radius 1 is 1.07 bits per heavy atom. The van der Waals surface area contributed by atoms with Gasteiger partial charge in [0.15, 0.2) is 17.3 Å². The van der Waals surface area contributed by atoms with E-state index in [1.807, 2.05) is 18.2 Å². The summed E-state index contributed by atoms with van der Waals surface area (Å²) in [7, 11) is 0. The summed E-state index contributed by atoms with van der Waals surface area (Å²) in [6.07, 6.45) is 7.13. The molecule has 0 spiro atoms. The maximum atomic E-state index is 5.50. The van der Waals surface area contributed by atoms with Crippen molar-refractivity contribution in [1.82, 2.24) is 0 Å². The normalized spacial score (nSPS) is 22.9. The summed E-state index contributed by atoms with van der Waals surface area (Å²) in [6, 6.07) is 0. The molecule has 0 bridgehead atoms. The molecule has 3 heterocycles. The van der Waals surface area contributed by atoms with Gasteiger partial charge in [0.25, 0.3) is 0 Å². The maximum Gasteiger partial charge on any atom is 0.230 e. The van der Waals surface area contributed by atoms with Crippen molar-refractivity contribution in [2.45, 2.75) is 0 Å². The summed E-state index contributed by atoms with van der Waals surface area (Å²) >= 11 is 0. The fourth-order valence-corrected chi connectivity index (χ4v) is 1.40. The van der Waals surface area contributed by atoms with E-state index in [-0.39, 0.29) is 6.79 Å². The Morgan fingerprint density at radius 3 is 3.07 bits per heavy atom. The predicted molar refractivity (Wildman–Crippen MR) is 46.4 cm³/mol. The minimum atomic E-state index is 0.219. The highest BCUT2D eigenvalue weighted by atomic mass is 16.7. The first-order valence-corrected chi connectivity index (χ1v) is 4.31. The van der Waals surface area contributed by atoms with Crippen LogP contribution in [-0.4, -0.2) is 13.4 Å². The van der Waals surface area contributed by atoms with Gasteiger partial charge in [-0.15, -0.1) is 0 Å². The van der Waals surface area contributed by atoms with Crippen LogP contribution in [0.5, 0.6) is 0 Å². The van der Waals surface area contributed by atoms with Gasteiger partial charge in [0.1, 0.15) is 12.9 Å². The van der Waals surface area contributed by atoms with Gasteiger partial charge < -0.3 is 18.9 Å². The Balaban J connectivity index is 2.02. The van der Waals surface area contributed by atoms with E-state index in [4.69, 9.17) is 18.9 Å². The highest BCUT2D eigenvalue weighted by Gasteiger charge is 2.24. The van der Waals surface area contributed by atoms with Crippen LogP contribution in [0.15, 0.2) is 47.5 Å². The summed E-state index contributed by atoms with van der Waals surface area (Å²) in [4.78, 5) is 0. The number of hydrogen-bond acceptors (Lipinski definition) is 4. The molecule has 3 aliphatic heterocycles. The van der Waals surface area contributed by atoms with Crippen molar-refractivity contribution in [1.29, 1.82) is 0 Å². The fourth-order valence-electron chi connectivity index (χ4n) is 1.40. The van der Waals surface area contributed by atoms with E-state index in [2.05, 4.69) is 0 Å². The molecule has 0 N–H and O–H groups in total. The zero-order valence-electron chi connectivity index (χ0n) is 7.36. The van der Waals surface area contributed by atoms with Gasteiger partial charge in [-0.2, -0.15) is 0 Å². The second-order valence-electron chi connectivity index (χ2n) is 2.96. The van der Waals surface area contributed by atoms with Crippen LogP contribution in [0.1, 0.15) is 0 Å². The summed E-state index contributed by atoms with van der Waals surface area (Å²) in [5.74, 6) is 2.65. The van der Waals surface area contributed by atoms with Crippen molar-refractivity contribution < 1.29 is 18.9 Å². The number of ether oxygens (including phenoxy) is 4. The first-order chi connectivity index (χ1) is 6.93. The molecule has 3 rings (SSSR count). The molecule has 14 heavy (non-hydrogen) atoms. The van der Waals surface area contributed by atoms with Gasteiger partial charge in [0.2, 0.25) is 12.6 Å². The standard InChI is InChI=1S/C10H8O4/c1-2-7-8(12-3-1)4-9-10(14-7)5-11-6-13-9/h1-2,4-5H,3,6H2. The quantitative estimate of drug-likeness (QED) is 0.583. The first-order valence-electron chi connectivity index (χ1n) is 4.31. The third kappa shape index (κ3) is 1.08. The molecule has 0 unspecified atom stereocenters. The van der Waals surface area contributed by atoms with E-state index in [0.29, 0.717) is 29.6 Å². The zero-order valence-corrected chi connectivity index (χ0v) is 7.36. The Bertz CT molecular complexity index is 387. The monoisotopic (exact) mass is 192 g/mol. The van der Waals surface area contributed by atoms with Crippen LogP contribution in [0.3, 0.4) is 0 Å². The van der Waals surface area contributed by atoms with Gasteiger partial charge in [-0.05, 0) is 12.2 Å². The Hall–Kier alpha value is -1.84. The van der Waals surface area contributed by atoms with E-state index in [9.17, 15) is 0 Å². The molecule has 4 heteroatoms. The van der Waals surface area contributed by atoms with E-state index >= 15 is 0 Å². The van der Waals surface area contributed by atoms with Crippen LogP contribution in [-0.2, 0) is 18.9 Å². The molecule has 0 aromatic heterocycles. The molecule has 3 aliphatic rings. The smallest absolute Gasteiger partial charge is 0.230 e. The largest absolute Gasteiger partial charge is 0.485 e. The molecule has 0 saturated heterocycles. The molecule has 0 fully saturated rings. The lowest BCUT2D eigenvalue weighted by atomic mass is 10.2. The second-order valence-corrected chi connectivity index (χ2v) is 2.96. The molecule has 0 aromatic carbocycles. The number of allylic oxidation sites excluding steroid dienone is 2. The molecule has 0 amide bonds. The Kier molecular flexibility index (Phi) is 1.53. The summed E-state index contributed by atoms with van der Waals surface area (Å²) < 4.78 is 21.1. The van der Waals surface area contributed by atoms with Crippen LogP contribution >= 0.6 is 0 Å². The van der Waals surface area contributed by atoms with Crippen molar-refractivity contribution in [3.05, 3.63) is 47.5 Å². The zero-order chi connectivity index (χ0) is 9.38. The van der Waals surface area contributed by atoms with Gasteiger partial charge in [-0.3, -0.25) is 0 Å². The van der Waals surface area contributed by atoms with Crippen molar-refractivity contribution in [2.24, 2.45) is 0 Å². The lowest BCUT2D eigenvalue weighted by molar-refractivity contribution is -0.00636. The van der Waals surface area contributed by atoms with Crippen LogP contribution in [0, 0.1) is 0 Å². The highest BCUT2D eigenvalue weighted by molar-refractivity contribution is 5.39. The van der Waals surface area contributed by atoms with E-state index in [1.165, 1.54) is 0 Å². The molecular formula is C10H8O4. The van der Waals surface area contributed by atoms with Crippen molar-refractivity contribution in [3.63, 3.8) is 0 Å². The second kappa shape index (κ2) is 2.83. The van der Waals surface area contributed by atoms with Crippen molar-refractivity contribution >= 4 is 0 Å². The average molecular weight is 192 g/mol. The fraction of sp³-hybridized carbons (Fsp3) is 0.200. The average Bonchev–Trinajstić information content (AvgIpc) is 2.26. The molecule has 0 radical (unpaired) electrons. The molecule has 0 saturated carbocycles. The first kappa shape index (κ1) is 7.55. The molecule has 0 atom stereocenters. The molecule has 0 aromatic rings. The van der Waals surface area contributed by atoms with Gasteiger partial charge >= 0.3 is 0 Å². The minimum absolute atomic E-state index is 0.219. The van der Waals surface area contributed by atoms with Crippen LogP contribution in [0.4, 0.5) is 0 Å². The lowest BCUT2D eigenvalue weighted by Gasteiger charge is -2.25. The maximum absolute atomic E-state index is 5.50.